The number of anilines is 1. The van der Waals surface area contributed by atoms with Gasteiger partial charge in [-0.25, -0.2) is 4.98 Å². The third-order valence-corrected chi connectivity index (χ3v) is 5.83. The van der Waals surface area contributed by atoms with Crippen LogP contribution in [0.25, 0.3) is 10.9 Å². The molecule has 4 rings (SSSR count). The first-order valence-corrected chi connectivity index (χ1v) is 11.5. The lowest BCUT2D eigenvalue weighted by Crippen LogP contribution is -2.36. The zero-order valence-electron chi connectivity index (χ0n) is 19.8. The summed E-state index contributed by atoms with van der Waals surface area (Å²) in [5, 5.41) is 11.8. The number of hydrogen-bond donors (Lipinski definition) is 0. The van der Waals surface area contributed by atoms with Crippen LogP contribution in [0.3, 0.4) is 0 Å². The molecule has 0 N–H and O–H groups in total. The van der Waals surface area contributed by atoms with Gasteiger partial charge in [-0.15, -0.1) is 0 Å². The molecular formula is C25H30N4O5. The topological polar surface area (TPSA) is 99.7 Å². The Morgan fingerprint density at radius 2 is 1.94 bits per heavy atom. The van der Waals surface area contributed by atoms with Crippen molar-refractivity contribution < 1.29 is 19.2 Å². The number of hydrogen-bond acceptors (Lipinski definition) is 7. The Hall–Kier alpha value is -3.62. The minimum Gasteiger partial charge on any atom is -0.493 e. The van der Waals surface area contributed by atoms with Crippen molar-refractivity contribution in [1.29, 1.82) is 0 Å². The van der Waals surface area contributed by atoms with Gasteiger partial charge in [0.15, 0.2) is 0 Å². The quantitative estimate of drug-likeness (QED) is 0.285. The van der Waals surface area contributed by atoms with Crippen LogP contribution >= 0.6 is 0 Å². The van der Waals surface area contributed by atoms with Crippen LogP contribution in [-0.4, -0.2) is 45.7 Å². The average Bonchev–Trinajstić information content (AvgIpc) is 3.18. The number of carbonyl (C=O) groups is 1. The number of rotatable bonds is 7. The Bertz CT molecular complexity index is 1160. The van der Waals surface area contributed by atoms with E-state index in [9.17, 15) is 14.9 Å². The largest absolute Gasteiger partial charge is 0.493 e. The molecule has 3 aromatic rings. The first-order valence-electron chi connectivity index (χ1n) is 11.5. The van der Waals surface area contributed by atoms with Crippen molar-refractivity contribution in [1.82, 2.24) is 9.55 Å². The van der Waals surface area contributed by atoms with Crippen molar-refractivity contribution in [3.8, 4) is 5.75 Å². The van der Waals surface area contributed by atoms with E-state index in [-0.39, 0.29) is 18.2 Å². The Kier molecular flexibility index (Phi) is 6.72. The van der Waals surface area contributed by atoms with Crippen LogP contribution in [0, 0.1) is 16.0 Å². The summed E-state index contributed by atoms with van der Waals surface area (Å²) in [6, 6.07) is 11.1. The van der Waals surface area contributed by atoms with Gasteiger partial charge in [0.1, 0.15) is 29.9 Å². The normalized spacial score (nSPS) is 14.9. The summed E-state index contributed by atoms with van der Waals surface area (Å²) in [6.45, 7) is 8.06. The van der Waals surface area contributed by atoms with Crippen LogP contribution in [0.1, 0.15) is 33.6 Å². The molecule has 1 aliphatic heterocycles. The number of aromatic nitrogens is 2. The molecule has 0 spiro atoms. The van der Waals surface area contributed by atoms with Gasteiger partial charge in [-0.2, -0.15) is 0 Å². The number of nitrogens with zero attached hydrogens (tertiary/aromatic N) is 4. The van der Waals surface area contributed by atoms with Gasteiger partial charge >= 0.3 is 5.97 Å². The Labute approximate surface area is 198 Å². The lowest BCUT2D eigenvalue weighted by molar-refractivity contribution is -0.385. The molecule has 9 nitrogen and oxygen atoms in total. The molecule has 0 saturated carbocycles. The molecule has 9 heteroatoms. The van der Waals surface area contributed by atoms with Crippen LogP contribution in [0.15, 0.2) is 48.8 Å². The maximum atomic E-state index is 12.2. The van der Waals surface area contributed by atoms with Crippen LogP contribution < -0.4 is 9.64 Å². The molecule has 0 amide bonds. The van der Waals surface area contributed by atoms with Crippen LogP contribution in [0.5, 0.6) is 5.75 Å². The molecule has 34 heavy (non-hydrogen) atoms. The fraction of sp³-hybridized carbons (Fsp3) is 0.440. The minimum absolute atomic E-state index is 0.00388. The van der Waals surface area contributed by atoms with E-state index in [1.807, 2.05) is 55.8 Å². The number of nitro groups is 1. The van der Waals surface area contributed by atoms with Gasteiger partial charge < -0.3 is 18.9 Å². The predicted octanol–water partition coefficient (Wildman–Crippen LogP) is 4.58. The molecule has 0 aliphatic carbocycles. The maximum absolute atomic E-state index is 12.2. The maximum Gasteiger partial charge on any atom is 0.326 e. The fourth-order valence-electron chi connectivity index (χ4n) is 4.13. The highest BCUT2D eigenvalue weighted by Crippen LogP contribution is 2.26. The smallest absolute Gasteiger partial charge is 0.326 e. The van der Waals surface area contributed by atoms with Crippen molar-refractivity contribution in [2.24, 2.45) is 5.92 Å². The van der Waals surface area contributed by atoms with Gasteiger partial charge in [-0.1, -0.05) is 0 Å². The van der Waals surface area contributed by atoms with Gasteiger partial charge in [-0.05, 0) is 69.9 Å². The highest BCUT2D eigenvalue weighted by Gasteiger charge is 2.22. The van der Waals surface area contributed by atoms with Gasteiger partial charge in [0.2, 0.25) is 0 Å². The Morgan fingerprint density at radius 3 is 2.59 bits per heavy atom. The summed E-state index contributed by atoms with van der Waals surface area (Å²) in [7, 11) is 0. The van der Waals surface area contributed by atoms with Crippen molar-refractivity contribution in [3.05, 3.63) is 58.9 Å². The molecule has 0 unspecified atom stereocenters. The van der Waals surface area contributed by atoms with Gasteiger partial charge in [0, 0.05) is 36.3 Å². The highest BCUT2D eigenvalue weighted by atomic mass is 16.6. The number of esters is 1. The number of fused-ring (bicyclic) bond motifs is 1. The summed E-state index contributed by atoms with van der Waals surface area (Å²) >= 11 is 0. The second kappa shape index (κ2) is 9.70. The predicted molar refractivity (Wildman–Crippen MR) is 129 cm³/mol. The van der Waals surface area contributed by atoms with E-state index in [2.05, 4.69) is 9.88 Å². The van der Waals surface area contributed by atoms with E-state index in [1.54, 1.807) is 6.07 Å². The van der Waals surface area contributed by atoms with E-state index in [1.165, 1.54) is 12.3 Å². The van der Waals surface area contributed by atoms with Crippen molar-refractivity contribution in [3.63, 3.8) is 0 Å². The number of piperidine rings is 1. The monoisotopic (exact) mass is 466 g/mol. The second-order valence-electron chi connectivity index (χ2n) is 9.62. The zero-order valence-corrected chi connectivity index (χ0v) is 19.8. The SMILES string of the molecule is CC(C)(C)OC(=O)Cn1ccc2cc(OCC3CCN(c4ccc([N+](=O)[O-])cn4)CC3)ccc21. The lowest BCUT2D eigenvalue weighted by Gasteiger charge is -2.32. The summed E-state index contributed by atoms with van der Waals surface area (Å²) in [5.74, 6) is 1.75. The number of ether oxygens (including phenoxy) is 2. The van der Waals surface area contributed by atoms with Crippen LogP contribution in [-0.2, 0) is 16.1 Å². The van der Waals surface area contributed by atoms with E-state index < -0.39 is 10.5 Å². The van der Waals surface area contributed by atoms with E-state index >= 15 is 0 Å². The molecule has 3 heterocycles. The molecule has 1 fully saturated rings. The summed E-state index contributed by atoms with van der Waals surface area (Å²) < 4.78 is 13.4. The number of pyridine rings is 1. The first kappa shape index (κ1) is 23.5. The molecule has 0 bridgehead atoms. The number of carbonyl (C=O) groups excluding carboxylic acids is 1. The van der Waals surface area contributed by atoms with Crippen molar-refractivity contribution in [2.45, 2.75) is 45.8 Å². The molecule has 0 atom stereocenters. The van der Waals surface area contributed by atoms with Crippen molar-refractivity contribution >= 4 is 28.4 Å². The Balaban J connectivity index is 1.28. The zero-order chi connectivity index (χ0) is 24.3. The van der Waals surface area contributed by atoms with Crippen molar-refractivity contribution in [2.75, 3.05) is 24.6 Å². The molecule has 1 saturated heterocycles. The molecular weight excluding hydrogens is 436 g/mol. The Morgan fingerprint density at radius 1 is 1.18 bits per heavy atom. The third kappa shape index (κ3) is 5.84. The van der Waals surface area contributed by atoms with Crippen LogP contribution in [0.2, 0.25) is 0 Å². The average molecular weight is 467 g/mol. The summed E-state index contributed by atoms with van der Waals surface area (Å²) in [6.07, 6.45) is 5.13. The standard InChI is InChI=1S/C25H30N4O5/c1-25(2,3)34-24(30)16-28-13-10-19-14-21(5-6-22(19)28)33-17-18-8-11-27(12-9-18)23-7-4-20(15-26-23)29(31)32/h4-7,10,13-15,18H,8-9,11-12,16-17H2,1-3H3. The van der Waals surface area contributed by atoms with Gasteiger partial charge in [0.25, 0.3) is 5.69 Å². The van der Waals surface area contributed by atoms with E-state index in [0.29, 0.717) is 12.5 Å². The number of benzene rings is 1. The molecule has 1 aromatic carbocycles. The second-order valence-corrected chi connectivity index (χ2v) is 9.62. The lowest BCUT2D eigenvalue weighted by atomic mass is 9.98. The van der Waals surface area contributed by atoms with E-state index in [4.69, 9.17) is 9.47 Å². The summed E-state index contributed by atoms with van der Waals surface area (Å²) in [5.41, 5.74) is 0.460. The molecule has 1 aliphatic rings. The molecule has 180 valence electrons. The molecule has 0 radical (unpaired) electrons. The van der Waals surface area contributed by atoms with Crippen LogP contribution in [0.4, 0.5) is 11.5 Å². The highest BCUT2D eigenvalue weighted by molar-refractivity contribution is 5.83. The van der Waals surface area contributed by atoms with Gasteiger partial charge in [-0.3, -0.25) is 14.9 Å². The summed E-state index contributed by atoms with van der Waals surface area (Å²) in [4.78, 5) is 28.9. The molecule has 2 aromatic heterocycles. The first-order chi connectivity index (χ1) is 16.2. The minimum atomic E-state index is -0.504. The van der Waals surface area contributed by atoms with Gasteiger partial charge in [0.05, 0.1) is 11.5 Å². The third-order valence-electron chi connectivity index (χ3n) is 5.83. The fourth-order valence-corrected chi connectivity index (χ4v) is 4.13. The van der Waals surface area contributed by atoms with E-state index in [0.717, 1.165) is 48.4 Å².